The predicted octanol–water partition coefficient (Wildman–Crippen LogP) is 5.20. The predicted molar refractivity (Wildman–Crippen MR) is 141 cm³/mol. The Morgan fingerprint density at radius 2 is 1.87 bits per heavy atom. The molecule has 0 spiro atoms. The summed E-state index contributed by atoms with van der Waals surface area (Å²) in [6.45, 7) is 8.40. The van der Waals surface area contributed by atoms with E-state index in [9.17, 15) is 18.4 Å². The number of primary amides is 1. The number of amides is 1. The molecule has 4 heterocycles. The Kier molecular flexibility index (Phi) is 7.35. The largest absolute Gasteiger partial charge is 0.482 e. The van der Waals surface area contributed by atoms with Gasteiger partial charge in [0.15, 0.2) is 5.82 Å². The van der Waals surface area contributed by atoms with Crippen molar-refractivity contribution >= 4 is 28.8 Å². The Labute approximate surface area is 226 Å². The number of nitrogens with two attached hydrogens (primary N) is 1. The highest BCUT2D eigenvalue weighted by molar-refractivity contribution is 7.10. The fourth-order valence-corrected chi connectivity index (χ4v) is 4.84. The van der Waals surface area contributed by atoms with Gasteiger partial charge < -0.3 is 10.5 Å². The highest BCUT2D eigenvalue weighted by atomic mass is 35.5. The number of carbonyl (C=O) groups is 1. The standard InChI is InChI=1S/C26H24ClF2N5O3S/c1-12-9-31-17(18-11-38-25(33-18)26(4,5)24(30)36)8-19(12)34-13(2)6-20(21(27)23(34)35)37-14(3)22-16(29)7-15(28)10-32-22/h6-11,14H,1-5H3,(H2,30,36). The van der Waals surface area contributed by atoms with Crippen LogP contribution in [-0.2, 0) is 10.2 Å². The average Bonchev–Trinajstić information content (AvgIpc) is 3.34. The first-order chi connectivity index (χ1) is 17.8. The second-order valence-corrected chi connectivity index (χ2v) is 10.5. The van der Waals surface area contributed by atoms with Crippen LogP contribution in [0.3, 0.4) is 0 Å². The number of aryl methyl sites for hydroxylation is 2. The SMILES string of the molecule is Cc1cnc(-c2csc(C(C)(C)C(N)=O)n2)cc1-n1c(C)cc(OC(C)c2ncc(F)cc2F)c(Cl)c1=O. The van der Waals surface area contributed by atoms with E-state index in [0.29, 0.717) is 39.4 Å². The van der Waals surface area contributed by atoms with E-state index in [-0.39, 0.29) is 16.5 Å². The van der Waals surface area contributed by atoms with Gasteiger partial charge in [-0.3, -0.25) is 24.1 Å². The van der Waals surface area contributed by atoms with Gasteiger partial charge in [0.1, 0.15) is 33.4 Å². The summed E-state index contributed by atoms with van der Waals surface area (Å²) in [5, 5.41) is 2.09. The molecule has 0 saturated carbocycles. The Morgan fingerprint density at radius 1 is 1.16 bits per heavy atom. The number of thiazole rings is 1. The van der Waals surface area contributed by atoms with Gasteiger partial charge in [-0.15, -0.1) is 11.3 Å². The van der Waals surface area contributed by atoms with Crippen molar-refractivity contribution in [3.8, 4) is 22.8 Å². The summed E-state index contributed by atoms with van der Waals surface area (Å²) in [5.41, 5.74) is 6.61. The summed E-state index contributed by atoms with van der Waals surface area (Å²) in [4.78, 5) is 38.0. The maximum Gasteiger partial charge on any atom is 0.277 e. The van der Waals surface area contributed by atoms with E-state index in [1.54, 1.807) is 51.4 Å². The van der Waals surface area contributed by atoms with Crippen LogP contribution in [0.25, 0.3) is 17.1 Å². The fraction of sp³-hybridized carbons (Fsp3) is 0.269. The van der Waals surface area contributed by atoms with Crippen LogP contribution in [0.5, 0.6) is 5.75 Å². The monoisotopic (exact) mass is 559 g/mol. The van der Waals surface area contributed by atoms with Crippen molar-refractivity contribution in [1.29, 1.82) is 0 Å². The third-order valence-corrected chi connectivity index (χ3v) is 7.57. The molecule has 12 heteroatoms. The van der Waals surface area contributed by atoms with Crippen LogP contribution in [0.1, 0.15) is 48.8 Å². The maximum atomic E-state index is 14.2. The van der Waals surface area contributed by atoms with Gasteiger partial charge in [-0.1, -0.05) is 11.6 Å². The molecular formula is C26H24ClF2N5O3S. The molecule has 0 aromatic carbocycles. The first-order valence-corrected chi connectivity index (χ1v) is 12.7. The lowest BCUT2D eigenvalue weighted by molar-refractivity contribution is -0.122. The van der Waals surface area contributed by atoms with E-state index >= 15 is 0 Å². The van der Waals surface area contributed by atoms with Crippen LogP contribution in [-0.4, -0.2) is 25.4 Å². The number of carbonyl (C=O) groups excluding carboxylic acids is 1. The van der Waals surface area contributed by atoms with Crippen LogP contribution in [0.2, 0.25) is 5.02 Å². The number of halogens is 3. The van der Waals surface area contributed by atoms with Gasteiger partial charge in [-0.25, -0.2) is 13.8 Å². The molecule has 0 radical (unpaired) electrons. The van der Waals surface area contributed by atoms with Crippen molar-refractivity contribution < 1.29 is 18.3 Å². The molecule has 1 atom stereocenters. The molecule has 198 valence electrons. The number of rotatable bonds is 7. The van der Waals surface area contributed by atoms with Crippen LogP contribution < -0.4 is 16.0 Å². The van der Waals surface area contributed by atoms with Gasteiger partial charge in [0.05, 0.1) is 28.7 Å². The summed E-state index contributed by atoms with van der Waals surface area (Å²) < 4.78 is 34.6. The number of hydrogen-bond acceptors (Lipinski definition) is 7. The molecule has 38 heavy (non-hydrogen) atoms. The summed E-state index contributed by atoms with van der Waals surface area (Å²) in [6.07, 6.45) is 1.55. The average molecular weight is 560 g/mol. The van der Waals surface area contributed by atoms with Crippen LogP contribution in [0, 0.1) is 25.5 Å². The third-order valence-electron chi connectivity index (χ3n) is 6.06. The molecule has 1 unspecified atom stereocenters. The van der Waals surface area contributed by atoms with Gasteiger partial charge in [0.25, 0.3) is 5.56 Å². The first kappa shape index (κ1) is 27.3. The molecule has 2 N–H and O–H groups in total. The van der Waals surface area contributed by atoms with Crippen molar-refractivity contribution in [2.24, 2.45) is 5.73 Å². The van der Waals surface area contributed by atoms with Crippen LogP contribution in [0.15, 0.2) is 40.8 Å². The van der Waals surface area contributed by atoms with Gasteiger partial charge in [-0.05, 0) is 46.2 Å². The number of hydrogen-bond donors (Lipinski definition) is 1. The summed E-state index contributed by atoms with van der Waals surface area (Å²) in [6, 6.07) is 3.96. The fourth-order valence-electron chi connectivity index (χ4n) is 3.71. The molecule has 0 aliphatic carbocycles. The lowest BCUT2D eigenvalue weighted by atomic mass is 9.94. The number of ether oxygens (including phenoxy) is 1. The molecule has 4 aromatic rings. The van der Waals surface area contributed by atoms with Crippen molar-refractivity contribution in [1.82, 2.24) is 19.5 Å². The third kappa shape index (κ3) is 5.03. The van der Waals surface area contributed by atoms with Crippen molar-refractivity contribution in [3.05, 3.63) is 84.9 Å². The Bertz CT molecular complexity index is 1620. The zero-order chi connectivity index (χ0) is 27.9. The van der Waals surface area contributed by atoms with Crippen LogP contribution in [0.4, 0.5) is 8.78 Å². The molecule has 0 aliphatic rings. The zero-order valence-electron chi connectivity index (χ0n) is 21.2. The molecule has 4 aromatic heterocycles. The molecule has 0 fully saturated rings. The quantitative estimate of drug-likeness (QED) is 0.333. The zero-order valence-corrected chi connectivity index (χ0v) is 22.7. The Balaban J connectivity index is 1.72. The second-order valence-electron chi connectivity index (χ2n) is 9.27. The van der Waals surface area contributed by atoms with Crippen LogP contribution >= 0.6 is 22.9 Å². The molecule has 1 amide bonds. The molecule has 0 bridgehead atoms. The second kappa shape index (κ2) is 10.2. The van der Waals surface area contributed by atoms with E-state index in [4.69, 9.17) is 22.1 Å². The molecule has 8 nitrogen and oxygen atoms in total. The van der Waals surface area contributed by atoms with Gasteiger partial charge in [0.2, 0.25) is 5.91 Å². The van der Waals surface area contributed by atoms with Gasteiger partial charge in [0, 0.05) is 29.4 Å². The van der Waals surface area contributed by atoms with E-state index in [0.717, 1.165) is 6.20 Å². The molecule has 0 saturated heterocycles. The summed E-state index contributed by atoms with van der Waals surface area (Å²) >= 11 is 7.70. The smallest absolute Gasteiger partial charge is 0.277 e. The van der Waals surface area contributed by atoms with Crippen molar-refractivity contribution in [2.75, 3.05) is 0 Å². The number of nitrogens with zero attached hydrogens (tertiary/aromatic N) is 4. The molecular weight excluding hydrogens is 536 g/mol. The van der Waals surface area contributed by atoms with Crippen molar-refractivity contribution in [3.63, 3.8) is 0 Å². The topological polar surface area (TPSA) is 113 Å². The summed E-state index contributed by atoms with van der Waals surface area (Å²) in [7, 11) is 0. The van der Waals surface area contributed by atoms with Crippen molar-refractivity contribution in [2.45, 2.75) is 46.1 Å². The minimum Gasteiger partial charge on any atom is -0.482 e. The lowest BCUT2D eigenvalue weighted by Gasteiger charge is -2.19. The van der Waals surface area contributed by atoms with E-state index in [1.165, 1.54) is 22.8 Å². The van der Waals surface area contributed by atoms with E-state index in [1.807, 2.05) is 0 Å². The molecule has 4 rings (SSSR count). The Hall–Kier alpha value is -3.70. The van der Waals surface area contributed by atoms with Gasteiger partial charge in [-0.2, -0.15) is 0 Å². The highest BCUT2D eigenvalue weighted by Crippen LogP contribution is 2.32. The normalized spacial score (nSPS) is 12.4. The minimum absolute atomic E-state index is 0.0354. The highest BCUT2D eigenvalue weighted by Gasteiger charge is 2.31. The first-order valence-electron chi connectivity index (χ1n) is 11.4. The summed E-state index contributed by atoms with van der Waals surface area (Å²) in [5.74, 6) is -2.15. The minimum atomic E-state index is -0.948. The van der Waals surface area contributed by atoms with E-state index in [2.05, 4.69) is 15.0 Å². The number of pyridine rings is 3. The number of aromatic nitrogens is 4. The van der Waals surface area contributed by atoms with E-state index < -0.39 is 34.6 Å². The molecule has 0 aliphatic heterocycles. The maximum absolute atomic E-state index is 14.2. The Morgan fingerprint density at radius 3 is 2.53 bits per heavy atom. The van der Waals surface area contributed by atoms with Gasteiger partial charge >= 0.3 is 0 Å². The lowest BCUT2D eigenvalue weighted by Crippen LogP contribution is -2.35.